The molecule has 1 saturated heterocycles. The van der Waals surface area contributed by atoms with Crippen LogP contribution in [0.4, 0.5) is 11.4 Å². The Morgan fingerprint density at radius 1 is 0.812 bits per heavy atom. The first kappa shape index (κ1) is 41.0. The molecule has 2 amide bonds. The second kappa shape index (κ2) is 16.6. The summed E-state index contributed by atoms with van der Waals surface area (Å²) in [6.07, 6.45) is 0.120. The predicted molar refractivity (Wildman–Crippen MR) is 243 cm³/mol. The zero-order valence-electron chi connectivity index (χ0n) is 34.2. The summed E-state index contributed by atoms with van der Waals surface area (Å²) >= 11 is 5.11. The van der Waals surface area contributed by atoms with Crippen LogP contribution < -0.4 is 24.4 Å². The van der Waals surface area contributed by atoms with E-state index in [0.717, 1.165) is 28.1 Å². The number of thioether (sulfide) groups is 1. The van der Waals surface area contributed by atoms with Crippen molar-refractivity contribution in [2.24, 2.45) is 0 Å². The minimum Gasteiger partial charge on any atom is -0.489 e. The van der Waals surface area contributed by atoms with Gasteiger partial charge in [0.05, 0.1) is 16.5 Å². The number of fused-ring (bicyclic) bond motifs is 7. The minimum atomic E-state index is -1.26. The Bertz CT molecular complexity index is 2890. The molecule has 64 heavy (non-hydrogen) atoms. The average molecular weight is 937 g/mol. The molecule has 12 nitrogen and oxygen atoms in total. The van der Waals surface area contributed by atoms with Crippen molar-refractivity contribution in [1.82, 2.24) is 10.2 Å². The van der Waals surface area contributed by atoms with Crippen LogP contribution in [0.5, 0.6) is 23.0 Å². The molecule has 4 aliphatic rings. The number of benzene rings is 6. The molecule has 1 spiro atoms. The quantitative estimate of drug-likeness (QED) is 0.0899. The third-order valence-corrected chi connectivity index (χ3v) is 13.7. The van der Waals surface area contributed by atoms with Gasteiger partial charge in [-0.1, -0.05) is 78.9 Å². The lowest BCUT2D eigenvalue weighted by Crippen LogP contribution is -2.70. The molecule has 10 rings (SSSR count). The molecule has 6 aromatic rings. The van der Waals surface area contributed by atoms with Crippen molar-refractivity contribution >= 4 is 62.8 Å². The van der Waals surface area contributed by atoms with Gasteiger partial charge in [-0.25, -0.2) is 9.59 Å². The van der Waals surface area contributed by atoms with Gasteiger partial charge in [0, 0.05) is 58.6 Å². The second-order valence-corrected chi connectivity index (χ2v) is 17.6. The van der Waals surface area contributed by atoms with Crippen molar-refractivity contribution in [2.45, 2.75) is 30.0 Å². The van der Waals surface area contributed by atoms with Crippen LogP contribution in [-0.2, 0) is 37.7 Å². The number of rotatable bonds is 12. The first-order valence-corrected chi connectivity index (χ1v) is 22.3. The fourth-order valence-electron chi connectivity index (χ4n) is 8.59. The molecule has 4 heterocycles. The largest absolute Gasteiger partial charge is 0.489 e. The minimum absolute atomic E-state index is 0.0392. The molecular weight excluding hydrogens is 899 g/mol. The van der Waals surface area contributed by atoms with Gasteiger partial charge in [0.25, 0.3) is 5.91 Å². The fourth-order valence-corrected chi connectivity index (χ4v) is 10.4. The van der Waals surface area contributed by atoms with Crippen molar-refractivity contribution in [3.8, 4) is 23.0 Å². The number of carbonyl (C=O) groups is 4. The first-order chi connectivity index (χ1) is 31.1. The number of esters is 1. The Morgan fingerprint density at radius 3 is 2.30 bits per heavy atom. The smallest absolute Gasteiger partial charge is 0.352 e. The third kappa shape index (κ3) is 7.21. The van der Waals surface area contributed by atoms with Crippen LogP contribution in [0.15, 0.2) is 155 Å². The Morgan fingerprint density at radius 2 is 1.53 bits per heavy atom. The normalized spacial score (nSPS) is 19.0. The molecule has 320 valence electrons. The maximum atomic E-state index is 13.5. The summed E-state index contributed by atoms with van der Waals surface area (Å²) in [6.45, 7) is 0.151. The topological polar surface area (TPSA) is 144 Å². The van der Waals surface area contributed by atoms with Gasteiger partial charge in [-0.15, -0.1) is 11.8 Å². The van der Waals surface area contributed by atoms with Crippen molar-refractivity contribution in [2.75, 3.05) is 24.3 Å². The van der Waals surface area contributed by atoms with Gasteiger partial charge in [0.2, 0.25) is 5.91 Å². The number of carbonyl (C=O) groups excluding carboxylic acids is 3. The summed E-state index contributed by atoms with van der Waals surface area (Å²) in [5, 5.41) is 12.4. The van der Waals surface area contributed by atoms with Gasteiger partial charge in [-0.05, 0) is 75.6 Å². The summed E-state index contributed by atoms with van der Waals surface area (Å²) in [6, 6.07) is 42.6. The number of nitrogens with zero attached hydrogens (tertiary/aromatic N) is 2. The molecule has 1 fully saturated rings. The van der Waals surface area contributed by atoms with Gasteiger partial charge < -0.3 is 34.3 Å². The van der Waals surface area contributed by atoms with Crippen LogP contribution in [-0.4, -0.2) is 64.6 Å². The van der Waals surface area contributed by atoms with Crippen LogP contribution in [0.2, 0.25) is 0 Å². The predicted octanol–water partition coefficient (Wildman–Crippen LogP) is 8.72. The van der Waals surface area contributed by atoms with E-state index in [2.05, 4.69) is 26.1 Å². The lowest BCUT2D eigenvalue weighted by molar-refractivity contribution is -0.150. The van der Waals surface area contributed by atoms with Crippen molar-refractivity contribution < 1.29 is 43.2 Å². The number of β-lactam (4-membered cyclic amide) rings is 1. The van der Waals surface area contributed by atoms with Crippen molar-refractivity contribution in [1.29, 1.82) is 0 Å². The number of amides is 2. The highest BCUT2D eigenvalue weighted by atomic mass is 79.9. The number of ether oxygens (including phenoxy) is 4. The van der Waals surface area contributed by atoms with Crippen molar-refractivity contribution in [3.05, 3.63) is 189 Å². The monoisotopic (exact) mass is 935 g/mol. The summed E-state index contributed by atoms with van der Waals surface area (Å²) in [5.74, 6) is -0.0675. The highest BCUT2D eigenvalue weighted by Gasteiger charge is 2.55. The number of aliphatic carboxylic acids is 1. The van der Waals surface area contributed by atoms with E-state index in [4.69, 9.17) is 18.9 Å². The van der Waals surface area contributed by atoms with Crippen LogP contribution in [0.1, 0.15) is 38.2 Å². The zero-order valence-corrected chi connectivity index (χ0v) is 36.6. The van der Waals surface area contributed by atoms with E-state index in [0.29, 0.717) is 55.5 Å². The number of carboxylic acid groups (broad SMARTS) is 1. The van der Waals surface area contributed by atoms with E-state index in [1.165, 1.54) is 16.7 Å². The highest BCUT2D eigenvalue weighted by Crippen LogP contribution is 2.58. The molecule has 0 aliphatic carbocycles. The average Bonchev–Trinajstić information content (AvgIpc) is 3.61. The maximum Gasteiger partial charge on any atom is 0.352 e. The van der Waals surface area contributed by atoms with Gasteiger partial charge in [-0.2, -0.15) is 0 Å². The molecule has 3 atom stereocenters. The number of halogens is 1. The maximum absolute atomic E-state index is 13.5. The highest BCUT2D eigenvalue weighted by molar-refractivity contribution is 9.10. The number of hydrogen-bond donors (Lipinski definition) is 2. The fraction of sp³-hybridized carbons (Fsp3) is 0.160. The van der Waals surface area contributed by atoms with Crippen LogP contribution in [0.25, 0.3) is 0 Å². The lowest BCUT2D eigenvalue weighted by atomic mass is 9.77. The van der Waals surface area contributed by atoms with E-state index < -0.39 is 34.9 Å². The summed E-state index contributed by atoms with van der Waals surface area (Å²) in [5.41, 5.74) is 5.19. The number of hydrogen-bond acceptors (Lipinski definition) is 10. The molecule has 6 aromatic carbocycles. The number of para-hydroxylation sites is 1. The van der Waals surface area contributed by atoms with Gasteiger partial charge in [-0.3, -0.25) is 14.5 Å². The molecule has 14 heteroatoms. The van der Waals surface area contributed by atoms with E-state index in [-0.39, 0.29) is 31.2 Å². The van der Waals surface area contributed by atoms with Crippen LogP contribution >= 0.6 is 27.7 Å². The number of carboxylic acids is 1. The summed E-state index contributed by atoms with van der Waals surface area (Å²) in [7, 11) is 1.98. The van der Waals surface area contributed by atoms with Crippen molar-refractivity contribution in [3.63, 3.8) is 0 Å². The third-order valence-electron chi connectivity index (χ3n) is 11.8. The van der Waals surface area contributed by atoms with E-state index in [9.17, 15) is 24.3 Å². The van der Waals surface area contributed by atoms with E-state index in [1.807, 2.05) is 122 Å². The van der Waals surface area contributed by atoms with Gasteiger partial charge >= 0.3 is 11.9 Å². The lowest BCUT2D eigenvalue weighted by Gasteiger charge is -2.49. The SMILES string of the molecule is CN(c1ccccc1)c1ccc2c(c1)Oc1cc(OCc3ccc(OCC4=C(C(=O)O)N5C(=O)[C@H](NC(=O)Cc6ccccc6)C5SC4)cc3)c(Br)cc1C21OC(=O)c2ccccc21. The number of anilines is 2. The molecule has 0 saturated carbocycles. The molecule has 2 unspecified atom stereocenters. The molecule has 2 N–H and O–H groups in total. The van der Waals surface area contributed by atoms with Gasteiger partial charge in [0.15, 0.2) is 5.60 Å². The van der Waals surface area contributed by atoms with E-state index in [1.54, 1.807) is 24.3 Å². The summed E-state index contributed by atoms with van der Waals surface area (Å²) < 4.78 is 26.1. The van der Waals surface area contributed by atoms with Crippen LogP contribution in [0.3, 0.4) is 0 Å². The molecular formula is C50H38BrN3O9S. The Labute approximate surface area is 380 Å². The second-order valence-electron chi connectivity index (χ2n) is 15.7. The molecule has 0 aromatic heterocycles. The van der Waals surface area contributed by atoms with Crippen LogP contribution in [0, 0.1) is 0 Å². The van der Waals surface area contributed by atoms with E-state index >= 15 is 0 Å². The summed E-state index contributed by atoms with van der Waals surface area (Å²) in [4.78, 5) is 55.1. The zero-order chi connectivity index (χ0) is 44.1. The first-order valence-electron chi connectivity index (χ1n) is 20.4. The number of nitrogens with one attached hydrogen (secondary N) is 1. The molecule has 4 aliphatic heterocycles. The standard InChI is InChI=1S/C50H38BrN3O9S/c1-53(32-12-6-3-7-13-32)33-18-21-37-40(23-33)62-41-25-42(39(51)24-38(41)50(37)36-15-9-8-14-35(36)49(59)63-50)61-26-30-16-19-34(20-17-30)60-27-31-28-64-47-44(46(56)54(47)45(31)48(57)58)52-43(55)22-29-10-4-2-5-11-29/h2-21,23-25,44,47H,22,26-28H2,1H3,(H,52,55)(H,57,58)/t44-,47?,50?/m0/s1. The Hall–Kier alpha value is -7.03. The Balaban J connectivity index is 0.835. The van der Waals surface area contributed by atoms with Gasteiger partial charge in [0.1, 0.15) is 53.3 Å². The Kier molecular flexibility index (Phi) is 10.6. The molecule has 0 bridgehead atoms. The molecule has 0 radical (unpaired) electrons.